The Morgan fingerprint density at radius 2 is 1.08 bits per heavy atom. The first-order valence-electron chi connectivity index (χ1n) is 29.7. The summed E-state index contributed by atoms with van der Waals surface area (Å²) in [6, 6.07) is 61.3. The van der Waals surface area contributed by atoms with E-state index in [0.29, 0.717) is 28.6 Å². The van der Waals surface area contributed by atoms with Crippen molar-refractivity contribution in [2.45, 2.75) is 26.2 Å². The number of rotatable bonds is 10. The van der Waals surface area contributed by atoms with Crippen LogP contribution in [0, 0.1) is 18.8 Å². The summed E-state index contributed by atoms with van der Waals surface area (Å²) in [5.74, 6) is 1.49. The van der Waals surface area contributed by atoms with E-state index in [1.54, 1.807) is 29.8 Å². The normalized spacial score (nSPS) is 14.0. The molecule has 10 aromatic carbocycles. The maximum absolute atomic E-state index is 9.26. The molecule has 0 saturated heterocycles. The standard InChI is InChI=1S/C70H51N4O.Pt/c1-70(2,3)53-40-41-71-67(44-53)74-63-35-17-16-30-61(63)62-39-38-55(46-66(62)74)75-56-43-52(68-57(48-22-8-4-9-23-48)31-20-32-58(68)49-24-10-5-11-25-49)42-54(45-56)72-47-73(65-37-19-18-36-64(65)72)69-59(50-26-12-6-13-27-50)33-21-34-60(69)51-28-14-7-15-29-51;/h4-44,47H,1-3H3;/q-3;/i6D,7D,12D,13D,14D,15D,26D,27D,28D,29D;. The van der Waals surface area contributed by atoms with Crippen LogP contribution in [0.15, 0.2) is 249 Å². The number of benzene rings is 10. The van der Waals surface area contributed by atoms with Crippen molar-refractivity contribution in [2.24, 2.45) is 0 Å². The zero-order valence-corrected chi connectivity index (χ0v) is 43.8. The number of hydrogen-bond acceptors (Lipinski definition) is 4. The van der Waals surface area contributed by atoms with Gasteiger partial charge in [-0.1, -0.05) is 214 Å². The van der Waals surface area contributed by atoms with Gasteiger partial charge in [-0.2, -0.15) is 6.07 Å². The van der Waals surface area contributed by atoms with Crippen LogP contribution in [-0.4, -0.2) is 9.55 Å². The number of pyridine rings is 1. The number of fused-ring (bicyclic) bond motifs is 4. The van der Waals surface area contributed by atoms with Crippen LogP contribution >= 0.6 is 0 Å². The molecule has 0 unspecified atom stereocenters. The van der Waals surface area contributed by atoms with Crippen molar-refractivity contribution in [1.29, 1.82) is 0 Å². The number of hydrogen-bond donors (Lipinski definition) is 0. The van der Waals surface area contributed by atoms with Gasteiger partial charge in [-0.25, -0.2) is 4.98 Å². The molecule has 1 aliphatic heterocycles. The Morgan fingerprint density at radius 3 is 1.71 bits per heavy atom. The first-order valence-corrected chi connectivity index (χ1v) is 24.7. The Hall–Kier alpha value is -8.76. The van der Waals surface area contributed by atoms with Crippen LogP contribution < -0.4 is 14.5 Å². The van der Waals surface area contributed by atoms with Gasteiger partial charge in [0.2, 0.25) is 0 Å². The Balaban J connectivity index is 0.00000724. The van der Waals surface area contributed by atoms with Crippen molar-refractivity contribution in [3.05, 3.63) is 273 Å². The average Bonchev–Trinajstić information content (AvgIpc) is 1.46. The minimum Gasteiger partial charge on any atom is -0.509 e. The molecule has 0 N–H and O–H groups in total. The van der Waals surface area contributed by atoms with Crippen LogP contribution in [0.25, 0.3) is 83.3 Å². The molecule has 2 aromatic heterocycles. The van der Waals surface area contributed by atoms with E-state index in [4.69, 9.17) is 17.9 Å². The van der Waals surface area contributed by atoms with Gasteiger partial charge in [-0.3, -0.25) is 0 Å². The van der Waals surface area contributed by atoms with Gasteiger partial charge in [0.25, 0.3) is 0 Å². The molecule has 0 atom stereocenters. The van der Waals surface area contributed by atoms with E-state index in [2.05, 4.69) is 98.1 Å². The Morgan fingerprint density at radius 1 is 0.500 bits per heavy atom. The van der Waals surface area contributed by atoms with Crippen molar-refractivity contribution in [3.63, 3.8) is 0 Å². The number of ether oxygens (including phenoxy) is 1. The number of para-hydroxylation sites is 4. The summed E-state index contributed by atoms with van der Waals surface area (Å²) < 4.78 is 98.4. The third-order valence-electron chi connectivity index (χ3n) is 13.7. The summed E-state index contributed by atoms with van der Waals surface area (Å²) in [6.45, 7) is 8.32. The van der Waals surface area contributed by atoms with Gasteiger partial charge in [-0.15, -0.1) is 53.6 Å². The molecule has 3 heterocycles. The molecule has 370 valence electrons. The van der Waals surface area contributed by atoms with Gasteiger partial charge < -0.3 is 19.1 Å². The van der Waals surface area contributed by atoms with Gasteiger partial charge in [-0.05, 0) is 85.6 Å². The van der Waals surface area contributed by atoms with Crippen LogP contribution in [0.3, 0.4) is 0 Å². The van der Waals surface area contributed by atoms with Gasteiger partial charge >= 0.3 is 0 Å². The number of aromatic nitrogens is 2. The van der Waals surface area contributed by atoms with Gasteiger partial charge in [0, 0.05) is 72.5 Å². The van der Waals surface area contributed by atoms with E-state index in [0.717, 1.165) is 66.6 Å². The second kappa shape index (κ2) is 20.2. The zero-order chi connectivity index (χ0) is 59.2. The van der Waals surface area contributed by atoms with E-state index in [1.165, 1.54) is 0 Å². The first kappa shape index (κ1) is 37.9. The maximum atomic E-state index is 9.26. The zero-order valence-electron chi connectivity index (χ0n) is 51.5. The smallest absolute Gasteiger partial charge is 0.135 e. The Bertz CT molecular complexity index is 4480. The van der Waals surface area contributed by atoms with E-state index < -0.39 is 60.4 Å². The molecule has 6 heteroatoms. The average molecular weight is 1170 g/mol. The van der Waals surface area contributed by atoms with Crippen LogP contribution in [0.4, 0.5) is 22.7 Å². The Kier molecular flexibility index (Phi) is 10.1. The van der Waals surface area contributed by atoms with Crippen molar-refractivity contribution in [1.82, 2.24) is 9.55 Å². The van der Waals surface area contributed by atoms with Crippen LogP contribution in [0.5, 0.6) is 11.5 Å². The molecule has 0 spiro atoms. The third kappa shape index (κ3) is 8.87. The van der Waals surface area contributed by atoms with Crippen LogP contribution in [0.1, 0.15) is 40.0 Å². The van der Waals surface area contributed by atoms with E-state index in [-0.39, 0.29) is 54.4 Å². The quantitative estimate of drug-likeness (QED) is 0.128. The number of anilines is 4. The van der Waals surface area contributed by atoms with E-state index in [9.17, 15) is 5.48 Å². The minimum atomic E-state index is -0.577. The molecule has 76 heavy (non-hydrogen) atoms. The molecule has 12 aromatic rings. The molecule has 0 amide bonds. The fourth-order valence-corrected chi connectivity index (χ4v) is 10.2. The van der Waals surface area contributed by atoms with Gasteiger partial charge in [0.1, 0.15) is 5.82 Å². The van der Waals surface area contributed by atoms with Crippen molar-refractivity contribution in [2.75, 3.05) is 9.80 Å². The van der Waals surface area contributed by atoms with Crippen LogP contribution in [-0.2, 0) is 26.5 Å². The number of nitrogens with zero attached hydrogens (tertiary/aromatic N) is 4. The summed E-state index contributed by atoms with van der Waals surface area (Å²) in [5, 5.41) is 1.99. The van der Waals surface area contributed by atoms with E-state index in [1.807, 2.05) is 114 Å². The summed E-state index contributed by atoms with van der Waals surface area (Å²) in [5.41, 5.74) is 10.2. The fourth-order valence-electron chi connectivity index (χ4n) is 10.2. The largest absolute Gasteiger partial charge is 0.509 e. The topological polar surface area (TPSA) is 33.5 Å². The second-order valence-corrected chi connectivity index (χ2v) is 19.3. The predicted molar refractivity (Wildman–Crippen MR) is 310 cm³/mol. The molecule has 13 rings (SSSR count). The molecular weight excluding hydrogens is 1110 g/mol. The molecule has 5 nitrogen and oxygen atoms in total. The first-order chi connectivity index (χ1) is 41.0. The second-order valence-electron chi connectivity index (χ2n) is 19.3. The van der Waals surface area contributed by atoms with Gasteiger partial charge in [0.05, 0.1) is 13.7 Å². The Labute approximate surface area is 473 Å². The summed E-state index contributed by atoms with van der Waals surface area (Å²) in [4.78, 5) is 8.60. The predicted octanol–water partition coefficient (Wildman–Crippen LogP) is 18.6. The van der Waals surface area contributed by atoms with Crippen molar-refractivity contribution in [3.8, 4) is 73.0 Å². The molecular formula is C70H51N4OPt-3. The molecule has 1 aliphatic rings. The maximum Gasteiger partial charge on any atom is 0.135 e. The third-order valence-corrected chi connectivity index (χ3v) is 13.7. The molecule has 0 aliphatic carbocycles. The van der Waals surface area contributed by atoms with Crippen molar-refractivity contribution >= 4 is 44.6 Å². The fraction of sp³-hybridized carbons (Fsp3) is 0.0571. The summed E-state index contributed by atoms with van der Waals surface area (Å²) >= 11 is 0. The summed E-state index contributed by atoms with van der Waals surface area (Å²) in [7, 11) is 0. The van der Waals surface area contributed by atoms with Crippen molar-refractivity contribution < 1.29 is 39.5 Å². The molecule has 0 radical (unpaired) electrons. The molecule has 0 bridgehead atoms. The van der Waals surface area contributed by atoms with Gasteiger partial charge in [0.15, 0.2) is 0 Å². The molecule has 0 fully saturated rings. The van der Waals surface area contributed by atoms with E-state index >= 15 is 0 Å². The molecule has 0 saturated carbocycles. The minimum absolute atomic E-state index is 0. The SMILES string of the molecule is [2H]c1c([2H])c([2H])c(-c2cccc(-c3c([2H])c([2H])c([2H])c([2H])c3[2H])c2N2[CH-]N(c3[c-]c(Oc4[c-]c5c(cc4)c4ccccc4n5-c4cc(C(C)(C)C)ccn4)cc(-c4c(-c5ccccc5)cccc4-c4ccccc4)c3)c3ccccc32)c([2H])c1[2H].[Pt]. The summed E-state index contributed by atoms with van der Waals surface area (Å²) in [6.07, 6.45) is 1.84. The monoisotopic (exact) mass is 1170 g/mol. The van der Waals surface area contributed by atoms with Crippen LogP contribution in [0.2, 0.25) is 0 Å².